The molecule has 8 rings (SSSR count). The van der Waals surface area contributed by atoms with Gasteiger partial charge in [-0.2, -0.15) is 0 Å². The first-order valence-corrected chi connectivity index (χ1v) is 17.1. The van der Waals surface area contributed by atoms with Gasteiger partial charge < -0.3 is 5.11 Å². The summed E-state index contributed by atoms with van der Waals surface area (Å²) in [4.78, 5) is 60.0. The van der Waals surface area contributed by atoms with Crippen LogP contribution < -0.4 is 4.90 Å². The van der Waals surface area contributed by atoms with Crippen LogP contribution in [-0.4, -0.2) is 28.5 Å². The monoisotopic (exact) mass is 647 g/mol. The Morgan fingerprint density at radius 3 is 2.18 bits per heavy atom. The average molecular weight is 648 g/mol. The summed E-state index contributed by atoms with van der Waals surface area (Å²) in [7, 11) is 0. The molecule has 4 aliphatic rings. The summed E-state index contributed by atoms with van der Waals surface area (Å²) in [6.45, 7) is 3.88. The number of fused-ring (bicyclic) bond motifs is 4. The predicted molar refractivity (Wildman–Crippen MR) is 188 cm³/mol. The van der Waals surface area contributed by atoms with E-state index >= 15 is 4.79 Å². The second-order valence-electron chi connectivity index (χ2n) is 13.9. The maximum absolute atomic E-state index is 15.1. The van der Waals surface area contributed by atoms with Crippen molar-refractivity contribution >= 4 is 34.6 Å². The molecule has 6 atom stereocenters. The summed E-state index contributed by atoms with van der Waals surface area (Å²) in [5, 5.41) is 10.6. The van der Waals surface area contributed by atoms with Crippen molar-refractivity contribution < 1.29 is 24.3 Å². The number of allylic oxidation sites excluding steroid dienone is 4. The van der Waals surface area contributed by atoms with Gasteiger partial charge in [0, 0.05) is 17.4 Å². The minimum absolute atomic E-state index is 0.137. The fourth-order valence-electron chi connectivity index (χ4n) is 9.24. The molecule has 49 heavy (non-hydrogen) atoms. The van der Waals surface area contributed by atoms with E-state index in [4.69, 9.17) is 0 Å². The minimum atomic E-state index is -1.30. The van der Waals surface area contributed by atoms with Crippen LogP contribution in [0.4, 0.5) is 5.69 Å². The lowest BCUT2D eigenvalue weighted by Crippen LogP contribution is -2.58. The number of hydrogen-bond acceptors (Lipinski definition) is 5. The molecule has 1 aliphatic heterocycles. The number of aryl methyl sites for hydroxylation is 2. The SMILES string of the molecule is CCc1ccc(N2C(=O)C3CC=C4C(CC5C(=O)C(c6ccccc6)=CC(=O)C5(c5ccccc5)C4c4ccc(O)c(C)c4)C3C2=O)cc1. The molecule has 6 nitrogen and oxygen atoms in total. The highest BCUT2D eigenvalue weighted by atomic mass is 16.3. The van der Waals surface area contributed by atoms with E-state index in [9.17, 15) is 19.5 Å². The molecular formula is C43H37NO5. The Balaban J connectivity index is 1.34. The van der Waals surface area contributed by atoms with Gasteiger partial charge in [0.05, 0.1) is 22.9 Å². The van der Waals surface area contributed by atoms with Crippen LogP contribution in [0.2, 0.25) is 0 Å². The number of anilines is 1. The highest BCUT2D eigenvalue weighted by Crippen LogP contribution is 2.63. The van der Waals surface area contributed by atoms with Crippen molar-refractivity contribution in [3.63, 3.8) is 0 Å². The zero-order chi connectivity index (χ0) is 34.0. The number of imide groups is 1. The quantitative estimate of drug-likeness (QED) is 0.182. The van der Waals surface area contributed by atoms with Gasteiger partial charge in [0.15, 0.2) is 11.6 Å². The van der Waals surface area contributed by atoms with E-state index in [2.05, 4.69) is 13.0 Å². The molecule has 2 amide bonds. The summed E-state index contributed by atoms with van der Waals surface area (Å²) in [5.74, 6) is -3.71. The lowest BCUT2D eigenvalue weighted by molar-refractivity contribution is -0.135. The molecule has 3 aliphatic carbocycles. The molecule has 0 bridgehead atoms. The van der Waals surface area contributed by atoms with Crippen LogP contribution in [0.3, 0.4) is 0 Å². The van der Waals surface area contributed by atoms with Gasteiger partial charge in [-0.1, -0.05) is 104 Å². The van der Waals surface area contributed by atoms with E-state index in [1.54, 1.807) is 6.07 Å². The van der Waals surface area contributed by atoms with E-state index in [0.717, 1.165) is 28.7 Å². The van der Waals surface area contributed by atoms with Crippen molar-refractivity contribution in [2.24, 2.45) is 23.7 Å². The van der Waals surface area contributed by atoms with E-state index < -0.39 is 35.0 Å². The number of carbonyl (C=O) groups is 4. The highest BCUT2D eigenvalue weighted by molar-refractivity contribution is 6.32. The van der Waals surface area contributed by atoms with E-state index in [1.807, 2.05) is 104 Å². The summed E-state index contributed by atoms with van der Waals surface area (Å²) in [6, 6.07) is 31.8. The van der Waals surface area contributed by atoms with Gasteiger partial charge in [-0.05, 0) is 84.2 Å². The van der Waals surface area contributed by atoms with Crippen molar-refractivity contribution in [1.82, 2.24) is 0 Å². The Kier molecular flexibility index (Phi) is 7.36. The Morgan fingerprint density at radius 2 is 1.51 bits per heavy atom. The largest absolute Gasteiger partial charge is 0.508 e. The molecule has 4 aromatic rings. The first-order valence-electron chi connectivity index (χ1n) is 17.1. The molecule has 0 aromatic heterocycles. The predicted octanol–water partition coefficient (Wildman–Crippen LogP) is 7.29. The van der Waals surface area contributed by atoms with E-state index in [0.29, 0.717) is 28.8 Å². The van der Waals surface area contributed by atoms with Crippen molar-refractivity contribution in [3.8, 4) is 5.75 Å². The van der Waals surface area contributed by atoms with Crippen LogP contribution in [0.5, 0.6) is 5.75 Å². The third kappa shape index (κ3) is 4.53. The Hall–Kier alpha value is -5.36. The van der Waals surface area contributed by atoms with Crippen LogP contribution in [-0.2, 0) is 31.0 Å². The second-order valence-corrected chi connectivity index (χ2v) is 13.9. The van der Waals surface area contributed by atoms with Crippen LogP contribution in [0.25, 0.3) is 5.57 Å². The normalized spacial score (nSPS) is 27.6. The van der Waals surface area contributed by atoms with Gasteiger partial charge in [-0.15, -0.1) is 0 Å². The molecule has 2 fully saturated rings. The molecule has 0 radical (unpaired) electrons. The van der Waals surface area contributed by atoms with Crippen molar-refractivity contribution in [2.75, 3.05) is 4.90 Å². The molecule has 244 valence electrons. The molecule has 6 heteroatoms. The first kappa shape index (κ1) is 30.9. The zero-order valence-corrected chi connectivity index (χ0v) is 27.5. The summed E-state index contributed by atoms with van der Waals surface area (Å²) in [5.41, 5.74) is 4.52. The number of nitrogens with zero attached hydrogens (tertiary/aromatic N) is 1. The number of phenols is 1. The molecule has 4 aromatic carbocycles. The third-order valence-corrected chi connectivity index (χ3v) is 11.5. The Labute approximate surface area is 285 Å². The van der Waals surface area contributed by atoms with Crippen LogP contribution in [0.15, 0.2) is 121 Å². The number of aromatic hydroxyl groups is 1. The summed E-state index contributed by atoms with van der Waals surface area (Å²) in [6.07, 6.45) is 5.06. The van der Waals surface area contributed by atoms with Gasteiger partial charge in [0.2, 0.25) is 11.8 Å². The molecule has 1 saturated carbocycles. The molecule has 1 saturated heterocycles. The zero-order valence-electron chi connectivity index (χ0n) is 27.5. The number of Topliss-reactive ketones (excluding diaryl/α,β-unsaturated/α-hetero) is 1. The molecule has 6 unspecified atom stereocenters. The Morgan fingerprint density at radius 1 is 0.816 bits per heavy atom. The van der Waals surface area contributed by atoms with Crippen LogP contribution in [0.1, 0.15) is 53.5 Å². The maximum Gasteiger partial charge on any atom is 0.238 e. The molecule has 1 N–H and O–H groups in total. The topological polar surface area (TPSA) is 91.8 Å². The number of amides is 2. The van der Waals surface area contributed by atoms with Gasteiger partial charge in [-0.25, -0.2) is 0 Å². The fraction of sp³-hybridized carbons (Fsp3) is 0.256. The van der Waals surface area contributed by atoms with E-state index in [1.165, 1.54) is 11.0 Å². The van der Waals surface area contributed by atoms with E-state index in [-0.39, 0.29) is 35.6 Å². The number of benzene rings is 4. The lowest BCUT2D eigenvalue weighted by Gasteiger charge is -2.55. The van der Waals surface area contributed by atoms with Crippen LogP contribution in [0, 0.1) is 30.6 Å². The molecule has 0 spiro atoms. The number of hydrogen-bond donors (Lipinski definition) is 1. The Bertz CT molecular complexity index is 2080. The number of carbonyl (C=O) groups excluding carboxylic acids is 4. The minimum Gasteiger partial charge on any atom is -0.508 e. The van der Waals surface area contributed by atoms with Crippen molar-refractivity contribution in [1.29, 1.82) is 0 Å². The van der Waals surface area contributed by atoms with Crippen molar-refractivity contribution in [3.05, 3.63) is 149 Å². The highest BCUT2D eigenvalue weighted by Gasteiger charge is 2.66. The molecule has 1 heterocycles. The number of phenolic OH excluding ortho intramolecular Hbond substituents is 1. The maximum atomic E-state index is 15.1. The van der Waals surface area contributed by atoms with Crippen molar-refractivity contribution in [2.45, 2.75) is 44.4 Å². The molecular weight excluding hydrogens is 610 g/mol. The summed E-state index contributed by atoms with van der Waals surface area (Å²) >= 11 is 0. The number of ketones is 2. The smallest absolute Gasteiger partial charge is 0.238 e. The summed E-state index contributed by atoms with van der Waals surface area (Å²) < 4.78 is 0. The first-order chi connectivity index (χ1) is 23.7. The third-order valence-electron chi connectivity index (χ3n) is 11.5. The van der Waals surface area contributed by atoms with Gasteiger partial charge >= 0.3 is 0 Å². The number of rotatable bonds is 5. The van der Waals surface area contributed by atoms with Crippen LogP contribution >= 0.6 is 0 Å². The fourth-order valence-corrected chi connectivity index (χ4v) is 9.24. The average Bonchev–Trinajstić information content (AvgIpc) is 3.39. The second kappa shape index (κ2) is 11.7. The van der Waals surface area contributed by atoms with Gasteiger partial charge in [0.1, 0.15) is 5.75 Å². The lowest BCUT2D eigenvalue weighted by atomic mass is 9.44. The standard InChI is InChI=1S/C43H37NO5/c1-3-26-14-17-30(18-15-26)44-41(48)32-20-19-31-34(38(32)42(44)49)23-35-40(47)33(27-10-6-4-7-11-27)24-37(46)43(35,29-12-8-5-9-13-29)39(31)28-16-21-36(45)25(2)22-28/h4-19,21-22,24,32,34-35,38-39,45H,3,20,23H2,1-2H3. The van der Waals surface area contributed by atoms with Gasteiger partial charge in [-0.3, -0.25) is 24.1 Å². The van der Waals surface area contributed by atoms with Gasteiger partial charge in [0.25, 0.3) is 0 Å².